The second kappa shape index (κ2) is 9.32. The lowest BCUT2D eigenvalue weighted by atomic mass is 10.1. The van der Waals surface area contributed by atoms with Gasteiger partial charge in [-0.15, -0.1) is 0 Å². The van der Waals surface area contributed by atoms with Crippen LogP contribution in [0.25, 0.3) is 23.1 Å². The van der Waals surface area contributed by atoms with Gasteiger partial charge in [0.25, 0.3) is 0 Å². The minimum absolute atomic E-state index is 0.0507. The quantitative estimate of drug-likeness (QED) is 0.406. The van der Waals surface area contributed by atoms with Crippen LogP contribution in [-0.2, 0) is 11.3 Å². The van der Waals surface area contributed by atoms with Crippen molar-refractivity contribution in [1.82, 2.24) is 15.5 Å². The summed E-state index contributed by atoms with van der Waals surface area (Å²) in [6.07, 6.45) is 3.53. The third kappa shape index (κ3) is 5.21. The lowest BCUT2D eigenvalue weighted by Gasteiger charge is -2.08. The summed E-state index contributed by atoms with van der Waals surface area (Å²) in [5, 5.41) is 13.3. The Bertz CT molecular complexity index is 1220. The molecule has 1 amide bonds. The van der Waals surface area contributed by atoms with Crippen molar-refractivity contribution in [2.45, 2.75) is 6.54 Å². The summed E-state index contributed by atoms with van der Waals surface area (Å²) in [5.41, 5.74) is 3.03. The molecule has 0 bridgehead atoms. The summed E-state index contributed by atoms with van der Waals surface area (Å²) >= 11 is 0. The number of H-pyrrole nitrogens is 1. The number of aromatic amines is 1. The van der Waals surface area contributed by atoms with Crippen LogP contribution in [0.15, 0.2) is 66.7 Å². The minimum Gasteiger partial charge on any atom is -0.322 e. The summed E-state index contributed by atoms with van der Waals surface area (Å²) in [6, 6.07) is 18.6. The van der Waals surface area contributed by atoms with Crippen LogP contribution in [0.2, 0.25) is 0 Å². The highest BCUT2D eigenvalue weighted by Crippen LogP contribution is 2.25. The van der Waals surface area contributed by atoms with Crippen molar-refractivity contribution in [1.29, 1.82) is 0 Å². The zero-order valence-electron chi connectivity index (χ0n) is 16.5. The van der Waals surface area contributed by atoms with Gasteiger partial charge < -0.3 is 10.6 Å². The molecule has 1 heterocycles. The van der Waals surface area contributed by atoms with Crippen molar-refractivity contribution >= 4 is 34.6 Å². The highest BCUT2D eigenvalue weighted by atomic mass is 19.1. The summed E-state index contributed by atoms with van der Waals surface area (Å²) in [5.74, 6) is -1.21. The van der Waals surface area contributed by atoms with E-state index >= 15 is 0 Å². The Labute approximate surface area is 177 Å². The maximum Gasteiger partial charge on any atom is 0.238 e. The van der Waals surface area contributed by atoms with Gasteiger partial charge in [0.2, 0.25) is 5.91 Å². The van der Waals surface area contributed by atoms with Gasteiger partial charge in [-0.05, 0) is 35.4 Å². The first-order chi connectivity index (χ1) is 15.1. The van der Waals surface area contributed by atoms with E-state index in [0.717, 1.165) is 11.1 Å². The second-order valence-corrected chi connectivity index (χ2v) is 7.01. The Morgan fingerprint density at radius 1 is 1.00 bits per heavy atom. The van der Waals surface area contributed by atoms with E-state index in [2.05, 4.69) is 20.8 Å². The fourth-order valence-corrected chi connectivity index (χ4v) is 3.14. The van der Waals surface area contributed by atoms with E-state index in [1.54, 1.807) is 30.4 Å². The van der Waals surface area contributed by atoms with Crippen molar-refractivity contribution in [2.75, 3.05) is 11.9 Å². The maximum absolute atomic E-state index is 14.4. The van der Waals surface area contributed by atoms with Crippen molar-refractivity contribution in [2.24, 2.45) is 0 Å². The third-order valence-corrected chi connectivity index (χ3v) is 4.72. The number of hydrogen-bond acceptors (Lipinski definition) is 3. The van der Waals surface area contributed by atoms with Crippen LogP contribution in [0, 0.1) is 11.6 Å². The molecule has 0 aliphatic rings. The molecule has 4 aromatic rings. The zero-order valence-corrected chi connectivity index (χ0v) is 16.5. The van der Waals surface area contributed by atoms with Crippen molar-refractivity contribution < 1.29 is 13.6 Å². The molecular formula is C24H20F2N4O. The Kier molecular flexibility index (Phi) is 6.14. The molecule has 5 nitrogen and oxygen atoms in total. The number of rotatable bonds is 7. The average Bonchev–Trinajstić information content (AvgIpc) is 3.16. The first-order valence-electron chi connectivity index (χ1n) is 9.74. The molecule has 0 aliphatic carbocycles. The lowest BCUT2D eigenvalue weighted by Crippen LogP contribution is -2.28. The lowest BCUT2D eigenvalue weighted by molar-refractivity contribution is -0.115. The zero-order chi connectivity index (χ0) is 21.6. The van der Waals surface area contributed by atoms with Crippen LogP contribution in [-0.4, -0.2) is 22.6 Å². The number of carbonyl (C=O) groups is 1. The van der Waals surface area contributed by atoms with Crippen LogP contribution in [0.1, 0.15) is 16.8 Å². The van der Waals surface area contributed by atoms with E-state index in [1.807, 2.05) is 30.3 Å². The van der Waals surface area contributed by atoms with E-state index in [-0.39, 0.29) is 24.0 Å². The van der Waals surface area contributed by atoms with E-state index in [4.69, 9.17) is 0 Å². The number of amides is 1. The molecule has 3 N–H and O–H groups in total. The fraction of sp³-hybridized carbons (Fsp3) is 0.0833. The topological polar surface area (TPSA) is 69.8 Å². The smallest absolute Gasteiger partial charge is 0.238 e. The first kappa shape index (κ1) is 20.4. The molecule has 0 radical (unpaired) electrons. The van der Waals surface area contributed by atoms with Gasteiger partial charge in [-0.3, -0.25) is 9.89 Å². The monoisotopic (exact) mass is 418 g/mol. The number of hydrogen-bond donors (Lipinski definition) is 3. The number of halogens is 2. The second-order valence-electron chi connectivity index (χ2n) is 7.01. The van der Waals surface area contributed by atoms with Crippen LogP contribution in [0.4, 0.5) is 14.5 Å². The van der Waals surface area contributed by atoms with Gasteiger partial charge in [-0.1, -0.05) is 48.5 Å². The largest absolute Gasteiger partial charge is 0.322 e. The number of fused-ring (bicyclic) bond motifs is 1. The number of nitrogens with one attached hydrogen (secondary N) is 3. The van der Waals surface area contributed by atoms with Gasteiger partial charge >= 0.3 is 0 Å². The fourth-order valence-electron chi connectivity index (χ4n) is 3.14. The van der Waals surface area contributed by atoms with Gasteiger partial charge in [0, 0.05) is 18.0 Å². The van der Waals surface area contributed by atoms with Gasteiger partial charge in [0.1, 0.15) is 11.6 Å². The molecule has 0 unspecified atom stereocenters. The molecule has 1 aromatic heterocycles. The van der Waals surface area contributed by atoms with E-state index in [0.29, 0.717) is 23.1 Å². The summed E-state index contributed by atoms with van der Waals surface area (Å²) in [4.78, 5) is 12.2. The van der Waals surface area contributed by atoms with E-state index < -0.39 is 5.82 Å². The van der Waals surface area contributed by atoms with Crippen LogP contribution >= 0.6 is 0 Å². The predicted octanol–water partition coefficient (Wildman–Crippen LogP) is 4.74. The van der Waals surface area contributed by atoms with Crippen LogP contribution in [0.3, 0.4) is 0 Å². The highest BCUT2D eigenvalue weighted by molar-refractivity contribution is 5.97. The van der Waals surface area contributed by atoms with E-state index in [9.17, 15) is 13.6 Å². The normalized spacial score (nSPS) is 11.3. The maximum atomic E-state index is 14.4. The summed E-state index contributed by atoms with van der Waals surface area (Å²) in [6.45, 7) is 0.588. The molecule has 0 spiro atoms. The predicted molar refractivity (Wildman–Crippen MR) is 118 cm³/mol. The Morgan fingerprint density at radius 2 is 1.77 bits per heavy atom. The molecule has 0 aliphatic heterocycles. The average molecular weight is 418 g/mol. The molecule has 4 rings (SSSR count). The molecule has 7 heteroatoms. The van der Waals surface area contributed by atoms with Crippen LogP contribution < -0.4 is 10.6 Å². The SMILES string of the molecule is O=C(CNCc1ccccc1)Nc1cc2c(/C=C/c3ccc(F)cc3)n[nH]c2cc1F. The van der Waals surface area contributed by atoms with Gasteiger partial charge in [-0.2, -0.15) is 5.10 Å². The van der Waals surface area contributed by atoms with Gasteiger partial charge in [0.15, 0.2) is 0 Å². The number of anilines is 1. The van der Waals surface area contributed by atoms with Gasteiger partial charge in [0.05, 0.1) is 23.4 Å². The Hall–Kier alpha value is -3.84. The molecule has 31 heavy (non-hydrogen) atoms. The molecule has 0 saturated heterocycles. The number of carbonyl (C=O) groups excluding carboxylic acids is 1. The molecule has 156 valence electrons. The summed E-state index contributed by atoms with van der Waals surface area (Å²) < 4.78 is 27.5. The Balaban J connectivity index is 1.45. The summed E-state index contributed by atoms with van der Waals surface area (Å²) in [7, 11) is 0. The number of benzene rings is 3. The third-order valence-electron chi connectivity index (χ3n) is 4.72. The highest BCUT2D eigenvalue weighted by Gasteiger charge is 2.12. The molecule has 0 atom stereocenters. The molecule has 3 aromatic carbocycles. The molecule has 0 saturated carbocycles. The number of nitrogens with zero attached hydrogens (tertiary/aromatic N) is 1. The number of aromatic nitrogens is 2. The standard InChI is InChI=1S/C24H20F2N4O/c25-18-9-6-16(7-10-18)8-11-21-19-12-23(20(26)13-22(19)30-29-21)28-24(31)15-27-14-17-4-2-1-3-5-17/h1-13,27H,14-15H2,(H,28,31)(H,29,30)/b11-8+. The molecule has 0 fully saturated rings. The minimum atomic E-state index is -0.554. The van der Waals surface area contributed by atoms with Gasteiger partial charge in [-0.25, -0.2) is 8.78 Å². The van der Waals surface area contributed by atoms with Crippen molar-refractivity contribution in [3.05, 3.63) is 95.2 Å². The van der Waals surface area contributed by atoms with Crippen molar-refractivity contribution in [3.63, 3.8) is 0 Å². The van der Waals surface area contributed by atoms with E-state index in [1.165, 1.54) is 18.2 Å². The Morgan fingerprint density at radius 3 is 2.55 bits per heavy atom. The van der Waals surface area contributed by atoms with Crippen LogP contribution in [0.5, 0.6) is 0 Å². The van der Waals surface area contributed by atoms with Crippen molar-refractivity contribution in [3.8, 4) is 0 Å². The first-order valence-corrected chi connectivity index (χ1v) is 9.74. The molecular weight excluding hydrogens is 398 g/mol.